The maximum absolute atomic E-state index is 6.25. The highest BCUT2D eigenvalue weighted by molar-refractivity contribution is 7.00. The van der Waals surface area contributed by atoms with Crippen LogP contribution in [-0.4, -0.2) is 13.3 Å². The fourth-order valence-corrected chi connectivity index (χ4v) is 2.94. The predicted octanol–water partition coefficient (Wildman–Crippen LogP) is 4.17. The summed E-state index contributed by atoms with van der Waals surface area (Å²) >= 11 is 7.46. The van der Waals surface area contributed by atoms with E-state index in [0.717, 1.165) is 36.2 Å². The lowest BCUT2D eigenvalue weighted by molar-refractivity contribution is 0.682. The zero-order valence-corrected chi connectivity index (χ0v) is 12.7. The number of halogens is 1. The minimum atomic E-state index is 0.679. The van der Waals surface area contributed by atoms with Gasteiger partial charge in [-0.25, -0.2) is 0 Å². The Bertz CT molecular complexity index is 719. The van der Waals surface area contributed by atoms with E-state index in [2.05, 4.69) is 44.0 Å². The minimum Gasteiger partial charge on any atom is -0.378 e. The summed E-state index contributed by atoms with van der Waals surface area (Å²) in [6, 6.07) is 5.87. The van der Waals surface area contributed by atoms with Crippen LogP contribution in [0.4, 0.5) is 5.69 Å². The van der Waals surface area contributed by atoms with Crippen molar-refractivity contribution < 1.29 is 0 Å². The van der Waals surface area contributed by atoms with Crippen molar-refractivity contribution in [3.63, 3.8) is 0 Å². The highest BCUT2D eigenvalue weighted by Crippen LogP contribution is 2.30. The number of aromatic nitrogens is 3. The molecule has 0 aliphatic heterocycles. The molecule has 2 aromatic heterocycles. The van der Waals surface area contributed by atoms with E-state index in [4.69, 9.17) is 11.6 Å². The molecule has 0 fully saturated rings. The predicted molar refractivity (Wildman–Crippen MR) is 84.5 cm³/mol. The second-order valence-electron chi connectivity index (χ2n) is 4.67. The smallest absolute Gasteiger partial charge is 0.129 e. The number of nitrogens with zero attached hydrogens (tertiary/aromatic N) is 3. The van der Waals surface area contributed by atoms with E-state index >= 15 is 0 Å². The van der Waals surface area contributed by atoms with E-state index in [1.807, 2.05) is 12.1 Å². The molecule has 20 heavy (non-hydrogen) atoms. The van der Waals surface area contributed by atoms with Gasteiger partial charge in [-0.2, -0.15) is 8.75 Å². The van der Waals surface area contributed by atoms with Crippen LogP contribution >= 0.6 is 23.3 Å². The fraction of sp³-hybridized carbons (Fsp3) is 0.286. The number of nitrogens with one attached hydrogen (secondary N) is 1. The van der Waals surface area contributed by atoms with Gasteiger partial charge in [0, 0.05) is 25.5 Å². The number of rotatable bonds is 5. The first kappa shape index (κ1) is 13.4. The zero-order chi connectivity index (χ0) is 13.9. The summed E-state index contributed by atoms with van der Waals surface area (Å²) in [6.07, 6.45) is 5.40. The minimum absolute atomic E-state index is 0.679. The number of aryl methyl sites for hydroxylation is 1. The van der Waals surface area contributed by atoms with Crippen LogP contribution in [-0.2, 0) is 13.1 Å². The highest BCUT2D eigenvalue weighted by atomic mass is 35.5. The summed E-state index contributed by atoms with van der Waals surface area (Å²) in [5, 5.41) is 4.05. The Morgan fingerprint density at radius 2 is 2.20 bits per heavy atom. The Morgan fingerprint density at radius 1 is 1.30 bits per heavy atom. The molecule has 0 atom stereocenters. The summed E-state index contributed by atoms with van der Waals surface area (Å²) in [5.41, 5.74) is 3.82. The van der Waals surface area contributed by atoms with Gasteiger partial charge in [0.15, 0.2) is 0 Å². The van der Waals surface area contributed by atoms with Gasteiger partial charge in [-0.15, -0.1) is 0 Å². The molecule has 0 unspecified atom stereocenters. The molecule has 3 aromatic rings. The average Bonchev–Trinajstić information content (AvgIpc) is 3.07. The molecule has 1 aromatic carbocycles. The van der Waals surface area contributed by atoms with E-state index in [9.17, 15) is 0 Å². The van der Waals surface area contributed by atoms with Crippen LogP contribution in [0.3, 0.4) is 0 Å². The summed E-state index contributed by atoms with van der Waals surface area (Å²) in [4.78, 5) is 0. The van der Waals surface area contributed by atoms with Gasteiger partial charge in [0.25, 0.3) is 0 Å². The van der Waals surface area contributed by atoms with Crippen molar-refractivity contribution in [2.75, 3.05) is 5.32 Å². The molecule has 0 aliphatic carbocycles. The fourth-order valence-electron chi connectivity index (χ4n) is 2.18. The third-order valence-electron chi connectivity index (χ3n) is 3.14. The third kappa shape index (κ3) is 2.64. The molecular formula is C14H15ClN4S. The molecule has 104 valence electrons. The van der Waals surface area contributed by atoms with Gasteiger partial charge in [-0.3, -0.25) is 0 Å². The summed E-state index contributed by atoms with van der Waals surface area (Å²) in [5.74, 6) is 0. The Labute approximate surface area is 126 Å². The molecule has 0 saturated heterocycles. The number of hydrogen-bond acceptors (Lipinski definition) is 4. The molecule has 0 amide bonds. The van der Waals surface area contributed by atoms with Crippen molar-refractivity contribution in [2.45, 2.75) is 26.4 Å². The molecule has 1 N–H and O–H groups in total. The van der Waals surface area contributed by atoms with Gasteiger partial charge in [-0.1, -0.05) is 18.5 Å². The van der Waals surface area contributed by atoms with Crippen molar-refractivity contribution in [3.05, 3.63) is 41.2 Å². The Hall–Kier alpha value is -1.59. The topological polar surface area (TPSA) is 42.7 Å². The zero-order valence-electron chi connectivity index (χ0n) is 11.1. The summed E-state index contributed by atoms with van der Waals surface area (Å²) < 4.78 is 10.7. The van der Waals surface area contributed by atoms with Gasteiger partial charge in [0.05, 0.1) is 22.4 Å². The molecular weight excluding hydrogens is 292 g/mol. The molecule has 0 aliphatic rings. The molecule has 3 rings (SSSR count). The second kappa shape index (κ2) is 5.81. The molecule has 6 heteroatoms. The van der Waals surface area contributed by atoms with Crippen molar-refractivity contribution >= 4 is 40.0 Å². The number of anilines is 1. The molecule has 0 bridgehead atoms. The van der Waals surface area contributed by atoms with Crippen LogP contribution in [0, 0.1) is 0 Å². The quantitative estimate of drug-likeness (QED) is 0.769. The molecule has 0 spiro atoms. The first-order valence-electron chi connectivity index (χ1n) is 6.57. The van der Waals surface area contributed by atoms with Crippen molar-refractivity contribution in [1.82, 2.24) is 13.3 Å². The summed E-state index contributed by atoms with van der Waals surface area (Å²) in [7, 11) is 0. The van der Waals surface area contributed by atoms with E-state index in [0.29, 0.717) is 5.02 Å². The van der Waals surface area contributed by atoms with Crippen LogP contribution in [0.25, 0.3) is 11.0 Å². The normalized spacial score (nSPS) is 11.1. The first-order chi connectivity index (χ1) is 9.78. The third-order valence-corrected chi connectivity index (χ3v) is 4.00. The maximum atomic E-state index is 6.25. The summed E-state index contributed by atoms with van der Waals surface area (Å²) in [6.45, 7) is 3.95. The lowest BCUT2D eigenvalue weighted by atomic mass is 10.2. The van der Waals surface area contributed by atoms with E-state index in [-0.39, 0.29) is 0 Å². The SMILES string of the molecule is CCCn1ccc(CNc2c(Cl)ccc3nsnc23)c1. The van der Waals surface area contributed by atoms with E-state index < -0.39 is 0 Å². The van der Waals surface area contributed by atoms with Crippen molar-refractivity contribution in [3.8, 4) is 0 Å². The lowest BCUT2D eigenvalue weighted by Gasteiger charge is -2.07. The van der Waals surface area contributed by atoms with E-state index in [1.165, 1.54) is 17.3 Å². The Balaban J connectivity index is 1.79. The van der Waals surface area contributed by atoms with Crippen molar-refractivity contribution in [1.29, 1.82) is 0 Å². The van der Waals surface area contributed by atoms with Gasteiger partial charge < -0.3 is 9.88 Å². The van der Waals surface area contributed by atoms with Crippen molar-refractivity contribution in [2.24, 2.45) is 0 Å². The van der Waals surface area contributed by atoms with Crippen LogP contribution in [0.15, 0.2) is 30.6 Å². The first-order valence-corrected chi connectivity index (χ1v) is 7.68. The average molecular weight is 307 g/mol. The monoisotopic (exact) mass is 306 g/mol. The molecule has 0 radical (unpaired) electrons. The maximum Gasteiger partial charge on any atom is 0.129 e. The van der Waals surface area contributed by atoms with Crippen LogP contribution < -0.4 is 5.32 Å². The van der Waals surface area contributed by atoms with Gasteiger partial charge in [-0.05, 0) is 30.2 Å². The largest absolute Gasteiger partial charge is 0.378 e. The highest BCUT2D eigenvalue weighted by Gasteiger charge is 2.09. The molecule has 0 saturated carbocycles. The van der Waals surface area contributed by atoms with Crippen LogP contribution in [0.1, 0.15) is 18.9 Å². The Morgan fingerprint density at radius 3 is 3.05 bits per heavy atom. The number of benzene rings is 1. The molecule has 4 nitrogen and oxygen atoms in total. The Kier molecular flexibility index (Phi) is 3.89. The van der Waals surface area contributed by atoms with Crippen LogP contribution in [0.2, 0.25) is 5.02 Å². The van der Waals surface area contributed by atoms with Gasteiger partial charge in [0.1, 0.15) is 11.0 Å². The van der Waals surface area contributed by atoms with Gasteiger partial charge in [0.2, 0.25) is 0 Å². The molecule has 2 heterocycles. The number of hydrogen-bond donors (Lipinski definition) is 1. The second-order valence-corrected chi connectivity index (χ2v) is 5.60. The van der Waals surface area contributed by atoms with Crippen LogP contribution in [0.5, 0.6) is 0 Å². The lowest BCUT2D eigenvalue weighted by Crippen LogP contribution is -2.00. The number of fused-ring (bicyclic) bond motifs is 1. The van der Waals surface area contributed by atoms with E-state index in [1.54, 1.807) is 0 Å². The standard InChI is InChI=1S/C14H15ClN4S/c1-2-6-19-7-5-10(9-19)8-16-13-11(15)3-4-12-14(13)18-20-17-12/h3-5,7,9,16H,2,6,8H2,1H3. The van der Waals surface area contributed by atoms with Gasteiger partial charge >= 0.3 is 0 Å².